The molecule has 0 unspecified atom stereocenters. The van der Waals surface area contributed by atoms with Gasteiger partial charge in [-0.2, -0.15) is 0 Å². The van der Waals surface area contributed by atoms with Crippen LogP contribution in [0.2, 0.25) is 0 Å². The van der Waals surface area contributed by atoms with Crippen molar-refractivity contribution in [1.82, 2.24) is 19.4 Å². The van der Waals surface area contributed by atoms with Gasteiger partial charge in [-0.05, 0) is 93.0 Å². The summed E-state index contributed by atoms with van der Waals surface area (Å²) >= 11 is 0. The second-order valence-corrected chi connectivity index (χ2v) is 11.8. The van der Waals surface area contributed by atoms with Crippen LogP contribution in [-0.4, -0.2) is 58.7 Å². The Bertz CT molecular complexity index is 2250. The minimum absolute atomic E-state index is 0.0790. The van der Waals surface area contributed by atoms with Gasteiger partial charge in [0, 0.05) is 41.6 Å². The van der Waals surface area contributed by atoms with Crippen LogP contribution in [-0.2, 0) is 0 Å². The highest BCUT2D eigenvalue weighted by Crippen LogP contribution is 2.38. The van der Waals surface area contributed by atoms with E-state index < -0.39 is 28.8 Å². The lowest BCUT2D eigenvalue weighted by molar-refractivity contribution is 0.102. The van der Waals surface area contributed by atoms with E-state index in [2.05, 4.69) is 20.2 Å². The molecule has 1 N–H and O–H groups in total. The molecular formula is C38H33F2N5O5. The fraction of sp³-hybridized carbons (Fsp3) is 0.211. The number of carbonyl (C=O) groups excluding carboxylic acids is 1. The second-order valence-electron chi connectivity index (χ2n) is 11.8. The third kappa shape index (κ3) is 6.83. The van der Waals surface area contributed by atoms with E-state index in [1.165, 1.54) is 53.8 Å². The number of nitrogens with zero attached hydrogens (tertiary/aromatic N) is 4. The summed E-state index contributed by atoms with van der Waals surface area (Å²) in [6, 6.07) is 21.1. The van der Waals surface area contributed by atoms with E-state index in [9.17, 15) is 14.0 Å². The van der Waals surface area contributed by atoms with Crippen molar-refractivity contribution in [2.75, 3.05) is 38.7 Å². The number of ether oxygens (including phenoxy) is 3. The zero-order chi connectivity index (χ0) is 34.6. The number of nitrogens with one attached hydrogen (secondary N) is 1. The molecular weight excluding hydrogens is 644 g/mol. The topological polar surface area (TPSA) is 108 Å². The van der Waals surface area contributed by atoms with Gasteiger partial charge in [0.2, 0.25) is 0 Å². The van der Waals surface area contributed by atoms with Gasteiger partial charge >= 0.3 is 0 Å². The Morgan fingerprint density at radius 2 is 1.68 bits per heavy atom. The van der Waals surface area contributed by atoms with E-state index >= 15 is 4.39 Å². The van der Waals surface area contributed by atoms with Gasteiger partial charge < -0.3 is 24.4 Å². The van der Waals surface area contributed by atoms with Crippen molar-refractivity contribution in [2.24, 2.45) is 0 Å². The van der Waals surface area contributed by atoms with Crippen molar-refractivity contribution < 1.29 is 27.8 Å². The molecule has 0 spiro atoms. The number of benzene rings is 4. The number of methoxy groups -OCH3 is 1. The number of amides is 1. The summed E-state index contributed by atoms with van der Waals surface area (Å²) in [6.45, 7) is 3.78. The fourth-order valence-electron chi connectivity index (χ4n) is 6.06. The number of hydrogen-bond donors (Lipinski definition) is 1. The summed E-state index contributed by atoms with van der Waals surface area (Å²) in [5.74, 6) is -0.773. The van der Waals surface area contributed by atoms with Crippen LogP contribution < -0.4 is 25.1 Å². The average molecular weight is 678 g/mol. The van der Waals surface area contributed by atoms with Crippen LogP contribution in [0.1, 0.15) is 29.8 Å². The normalized spacial score (nSPS) is 13.1. The van der Waals surface area contributed by atoms with E-state index in [1.807, 2.05) is 0 Å². The minimum Gasteiger partial charge on any atom is -0.493 e. The Morgan fingerprint density at radius 3 is 2.46 bits per heavy atom. The molecule has 1 aliphatic rings. The molecule has 0 radical (unpaired) electrons. The van der Waals surface area contributed by atoms with Crippen molar-refractivity contribution >= 4 is 33.5 Å². The highest BCUT2D eigenvalue weighted by atomic mass is 19.1. The van der Waals surface area contributed by atoms with Gasteiger partial charge in [0.15, 0.2) is 28.8 Å². The summed E-state index contributed by atoms with van der Waals surface area (Å²) in [5.41, 5.74) is 0.686. The summed E-state index contributed by atoms with van der Waals surface area (Å²) in [4.78, 5) is 38.1. The Morgan fingerprint density at radius 1 is 0.880 bits per heavy atom. The molecule has 4 aromatic carbocycles. The molecule has 2 aromatic heterocycles. The van der Waals surface area contributed by atoms with Gasteiger partial charge in [0.25, 0.3) is 11.5 Å². The predicted octanol–water partition coefficient (Wildman–Crippen LogP) is 7.13. The first-order valence-electron chi connectivity index (χ1n) is 16.3. The van der Waals surface area contributed by atoms with E-state index in [0.29, 0.717) is 51.5 Å². The first-order valence-corrected chi connectivity index (χ1v) is 16.3. The lowest BCUT2D eigenvalue weighted by atomic mass is 10.1. The number of halogens is 2. The van der Waals surface area contributed by atoms with Crippen molar-refractivity contribution in [3.63, 3.8) is 0 Å². The number of likely N-dealkylation sites (tertiary alicyclic amines) is 1. The predicted molar refractivity (Wildman–Crippen MR) is 186 cm³/mol. The monoisotopic (exact) mass is 677 g/mol. The largest absolute Gasteiger partial charge is 0.493 e. The van der Waals surface area contributed by atoms with Crippen LogP contribution in [0.4, 0.5) is 14.5 Å². The lowest BCUT2D eigenvalue weighted by Gasteiger charge is -2.16. The first kappa shape index (κ1) is 32.7. The zero-order valence-electron chi connectivity index (χ0n) is 27.2. The fourth-order valence-corrected chi connectivity index (χ4v) is 6.06. The Labute approximate surface area is 285 Å². The number of carbonyl (C=O) groups is 1. The quantitative estimate of drug-likeness (QED) is 0.144. The van der Waals surface area contributed by atoms with Gasteiger partial charge in [0.05, 0.1) is 30.3 Å². The van der Waals surface area contributed by atoms with Gasteiger partial charge in [-0.1, -0.05) is 12.1 Å². The Balaban J connectivity index is 1.09. The van der Waals surface area contributed by atoms with Crippen LogP contribution in [0.25, 0.3) is 27.6 Å². The molecule has 0 atom stereocenters. The molecule has 1 saturated heterocycles. The van der Waals surface area contributed by atoms with Crippen molar-refractivity contribution in [2.45, 2.75) is 19.3 Å². The number of fused-ring (bicyclic) bond motifs is 2. The van der Waals surface area contributed by atoms with Crippen molar-refractivity contribution in [3.8, 4) is 28.7 Å². The standard InChI is InChI=1S/C38H33F2N5O5/c1-48-34-22-27-30(23-35(34)49-20-6-19-44-17-4-5-18-44)41-16-15-32(27)50-33-14-11-25(21-28(33)40)42-37(46)36-38(47)45(26-12-9-24(39)10-13-26)31-8-3-2-7-29(31)43-36/h2-3,7-16,21-23H,4-6,17-20H2,1H3,(H,42,46). The van der Waals surface area contributed by atoms with Crippen LogP contribution >= 0.6 is 0 Å². The zero-order valence-corrected chi connectivity index (χ0v) is 27.2. The molecule has 50 heavy (non-hydrogen) atoms. The van der Waals surface area contributed by atoms with E-state index in [1.54, 1.807) is 55.8 Å². The molecule has 254 valence electrons. The summed E-state index contributed by atoms with van der Waals surface area (Å²) < 4.78 is 48.0. The Kier molecular flexibility index (Phi) is 9.35. The maximum atomic E-state index is 15.4. The molecule has 10 nitrogen and oxygen atoms in total. The number of rotatable bonds is 11. The second kappa shape index (κ2) is 14.3. The smallest absolute Gasteiger partial charge is 0.287 e. The molecule has 1 fully saturated rings. The van der Waals surface area contributed by atoms with Crippen LogP contribution in [0.15, 0.2) is 95.9 Å². The van der Waals surface area contributed by atoms with Gasteiger partial charge in [-0.15, -0.1) is 0 Å². The number of anilines is 1. The van der Waals surface area contributed by atoms with Crippen LogP contribution in [0, 0.1) is 11.6 Å². The highest BCUT2D eigenvalue weighted by molar-refractivity contribution is 6.03. The Hall–Kier alpha value is -5.88. The number of pyridine rings is 1. The molecule has 7 rings (SSSR count). The van der Waals surface area contributed by atoms with E-state index in [4.69, 9.17) is 14.2 Å². The minimum atomic E-state index is -0.842. The SMILES string of the molecule is COc1cc2c(Oc3ccc(NC(=O)c4nc5ccccc5n(-c5ccc(F)cc5)c4=O)cc3F)ccnc2cc1OCCCN1CCCC1. The maximum Gasteiger partial charge on any atom is 0.287 e. The molecule has 6 aromatic rings. The lowest BCUT2D eigenvalue weighted by Crippen LogP contribution is -2.30. The van der Waals surface area contributed by atoms with Gasteiger partial charge in [0.1, 0.15) is 11.6 Å². The molecule has 0 bridgehead atoms. The number of para-hydroxylation sites is 2. The van der Waals surface area contributed by atoms with E-state index in [-0.39, 0.29) is 11.4 Å². The first-order chi connectivity index (χ1) is 24.4. The average Bonchev–Trinajstić information content (AvgIpc) is 3.65. The molecule has 12 heteroatoms. The van der Waals surface area contributed by atoms with E-state index in [0.717, 1.165) is 32.1 Å². The summed E-state index contributed by atoms with van der Waals surface area (Å²) in [7, 11) is 1.55. The molecule has 1 aliphatic heterocycles. The molecule has 3 heterocycles. The summed E-state index contributed by atoms with van der Waals surface area (Å²) in [5, 5.41) is 3.15. The maximum absolute atomic E-state index is 15.4. The summed E-state index contributed by atoms with van der Waals surface area (Å²) in [6.07, 6.45) is 4.94. The number of aromatic nitrogens is 3. The highest BCUT2D eigenvalue weighted by Gasteiger charge is 2.20. The van der Waals surface area contributed by atoms with Crippen LogP contribution in [0.5, 0.6) is 23.0 Å². The van der Waals surface area contributed by atoms with Gasteiger partial charge in [-0.25, -0.2) is 13.8 Å². The van der Waals surface area contributed by atoms with Crippen LogP contribution in [0.3, 0.4) is 0 Å². The molecule has 1 amide bonds. The van der Waals surface area contributed by atoms with Gasteiger partial charge in [-0.3, -0.25) is 19.1 Å². The molecule has 0 saturated carbocycles. The number of hydrogen-bond acceptors (Lipinski definition) is 8. The van der Waals surface area contributed by atoms with Crippen molar-refractivity contribution in [3.05, 3.63) is 119 Å². The molecule has 0 aliphatic carbocycles. The third-order valence-electron chi connectivity index (χ3n) is 8.53. The third-order valence-corrected chi connectivity index (χ3v) is 8.53. The van der Waals surface area contributed by atoms with Crippen molar-refractivity contribution in [1.29, 1.82) is 0 Å².